The maximum absolute atomic E-state index is 12.9. The van der Waals surface area contributed by atoms with Gasteiger partial charge in [-0.25, -0.2) is 0 Å². The number of carbonyl (C=O) groups is 1. The SMILES string of the molecule is Cc1ccc(N2C(=O)[C@H](C)N3CCc4ccccc4[C@@H]23)cc1. The number of anilines is 1. The van der Waals surface area contributed by atoms with E-state index in [4.69, 9.17) is 0 Å². The maximum Gasteiger partial charge on any atom is 0.245 e. The lowest BCUT2D eigenvalue weighted by atomic mass is 9.96. The number of carbonyl (C=O) groups excluding carboxylic acids is 1. The Balaban J connectivity index is 1.84. The average molecular weight is 292 g/mol. The third kappa shape index (κ3) is 1.89. The minimum Gasteiger partial charge on any atom is -0.291 e. The van der Waals surface area contributed by atoms with E-state index in [-0.39, 0.29) is 18.1 Å². The van der Waals surface area contributed by atoms with Crippen LogP contribution in [0.5, 0.6) is 0 Å². The van der Waals surface area contributed by atoms with E-state index >= 15 is 0 Å². The lowest BCUT2D eigenvalue weighted by molar-refractivity contribution is -0.119. The van der Waals surface area contributed by atoms with Gasteiger partial charge in [-0.15, -0.1) is 0 Å². The molecular weight excluding hydrogens is 272 g/mol. The van der Waals surface area contributed by atoms with E-state index < -0.39 is 0 Å². The Morgan fingerprint density at radius 1 is 1.05 bits per heavy atom. The van der Waals surface area contributed by atoms with Crippen LogP contribution in [0, 0.1) is 6.92 Å². The highest BCUT2D eigenvalue weighted by Crippen LogP contribution is 2.41. The molecule has 0 spiro atoms. The summed E-state index contributed by atoms with van der Waals surface area (Å²) in [5, 5.41) is 0. The maximum atomic E-state index is 12.9. The van der Waals surface area contributed by atoms with Gasteiger partial charge in [-0.1, -0.05) is 42.0 Å². The van der Waals surface area contributed by atoms with Crippen LogP contribution in [0.4, 0.5) is 5.69 Å². The summed E-state index contributed by atoms with van der Waals surface area (Å²) in [6.07, 6.45) is 1.06. The molecule has 1 saturated heterocycles. The summed E-state index contributed by atoms with van der Waals surface area (Å²) in [5.74, 6) is 0.200. The second-order valence-electron chi connectivity index (χ2n) is 6.28. The summed E-state index contributed by atoms with van der Waals surface area (Å²) >= 11 is 0. The molecule has 2 aromatic carbocycles. The van der Waals surface area contributed by atoms with Crippen LogP contribution in [0.15, 0.2) is 48.5 Å². The van der Waals surface area contributed by atoms with Crippen molar-refractivity contribution in [3.05, 3.63) is 65.2 Å². The summed E-state index contributed by atoms with van der Waals surface area (Å²) in [6.45, 7) is 5.04. The predicted molar refractivity (Wildman–Crippen MR) is 87.7 cm³/mol. The molecular formula is C19H20N2O. The second kappa shape index (κ2) is 4.96. The fraction of sp³-hybridized carbons (Fsp3) is 0.316. The molecule has 0 radical (unpaired) electrons. The second-order valence-corrected chi connectivity index (χ2v) is 6.28. The molecule has 1 fully saturated rings. The van der Waals surface area contributed by atoms with Gasteiger partial charge in [0.1, 0.15) is 6.17 Å². The van der Waals surface area contributed by atoms with E-state index in [0.29, 0.717) is 0 Å². The molecule has 2 aliphatic heterocycles. The summed E-state index contributed by atoms with van der Waals surface area (Å²) < 4.78 is 0. The van der Waals surface area contributed by atoms with Crippen LogP contribution < -0.4 is 4.90 Å². The van der Waals surface area contributed by atoms with Crippen molar-refractivity contribution in [2.75, 3.05) is 11.4 Å². The smallest absolute Gasteiger partial charge is 0.245 e. The zero-order valence-corrected chi connectivity index (χ0v) is 13.0. The number of hydrogen-bond donors (Lipinski definition) is 0. The summed E-state index contributed by atoms with van der Waals surface area (Å²) in [6, 6.07) is 16.7. The number of rotatable bonds is 1. The van der Waals surface area contributed by atoms with Gasteiger partial charge in [-0.2, -0.15) is 0 Å². The van der Waals surface area contributed by atoms with Crippen LogP contribution in [0.2, 0.25) is 0 Å². The van der Waals surface area contributed by atoms with Gasteiger partial charge in [0.25, 0.3) is 0 Å². The number of nitrogens with zero attached hydrogens (tertiary/aromatic N) is 2. The Morgan fingerprint density at radius 3 is 2.55 bits per heavy atom. The van der Waals surface area contributed by atoms with Crippen molar-refractivity contribution in [3.8, 4) is 0 Å². The molecule has 4 rings (SSSR count). The topological polar surface area (TPSA) is 23.6 Å². The highest BCUT2D eigenvalue weighted by Gasteiger charge is 2.47. The Labute approximate surface area is 131 Å². The molecule has 3 nitrogen and oxygen atoms in total. The number of amides is 1. The van der Waals surface area contributed by atoms with E-state index in [9.17, 15) is 4.79 Å². The molecule has 0 aliphatic carbocycles. The van der Waals surface area contributed by atoms with Crippen molar-refractivity contribution in [2.24, 2.45) is 0 Å². The summed E-state index contributed by atoms with van der Waals surface area (Å²) in [5.41, 5.74) is 4.84. The minimum absolute atomic E-state index is 0.0372. The summed E-state index contributed by atoms with van der Waals surface area (Å²) in [4.78, 5) is 17.1. The van der Waals surface area contributed by atoms with Crippen LogP contribution in [0.25, 0.3) is 0 Å². The fourth-order valence-corrected chi connectivity index (χ4v) is 3.69. The Kier molecular flexibility index (Phi) is 3.05. The number of hydrogen-bond acceptors (Lipinski definition) is 2. The number of benzene rings is 2. The van der Waals surface area contributed by atoms with Crippen LogP contribution >= 0.6 is 0 Å². The van der Waals surface area contributed by atoms with Crippen molar-refractivity contribution in [1.29, 1.82) is 0 Å². The molecule has 0 aromatic heterocycles. The van der Waals surface area contributed by atoms with Crippen molar-refractivity contribution in [2.45, 2.75) is 32.5 Å². The molecule has 22 heavy (non-hydrogen) atoms. The van der Waals surface area contributed by atoms with Crippen LogP contribution in [-0.2, 0) is 11.2 Å². The van der Waals surface area contributed by atoms with Gasteiger partial charge >= 0.3 is 0 Å². The zero-order valence-electron chi connectivity index (χ0n) is 13.0. The van der Waals surface area contributed by atoms with Gasteiger partial charge in [0.05, 0.1) is 6.04 Å². The van der Waals surface area contributed by atoms with Crippen molar-refractivity contribution >= 4 is 11.6 Å². The molecule has 112 valence electrons. The molecule has 0 unspecified atom stereocenters. The lowest BCUT2D eigenvalue weighted by Gasteiger charge is -2.36. The van der Waals surface area contributed by atoms with Crippen molar-refractivity contribution in [3.63, 3.8) is 0 Å². The number of fused-ring (bicyclic) bond motifs is 3. The van der Waals surface area contributed by atoms with Gasteiger partial charge in [0.2, 0.25) is 5.91 Å². The van der Waals surface area contributed by atoms with E-state index in [1.165, 1.54) is 16.7 Å². The molecule has 2 aromatic rings. The Bertz CT molecular complexity index is 722. The Morgan fingerprint density at radius 2 is 1.77 bits per heavy atom. The van der Waals surface area contributed by atoms with E-state index in [2.05, 4.69) is 60.4 Å². The van der Waals surface area contributed by atoms with Crippen LogP contribution in [-0.4, -0.2) is 23.4 Å². The molecule has 2 aliphatic rings. The van der Waals surface area contributed by atoms with E-state index in [0.717, 1.165) is 18.7 Å². The van der Waals surface area contributed by atoms with Crippen molar-refractivity contribution in [1.82, 2.24) is 4.90 Å². The third-order valence-electron chi connectivity index (χ3n) is 4.94. The largest absolute Gasteiger partial charge is 0.291 e. The molecule has 2 heterocycles. The average Bonchev–Trinajstić information content (AvgIpc) is 2.81. The summed E-state index contributed by atoms with van der Waals surface area (Å²) in [7, 11) is 0. The highest BCUT2D eigenvalue weighted by atomic mass is 16.2. The van der Waals surface area contributed by atoms with Gasteiger partial charge < -0.3 is 0 Å². The first-order valence-corrected chi connectivity index (χ1v) is 7.90. The van der Waals surface area contributed by atoms with E-state index in [1.54, 1.807) is 0 Å². The van der Waals surface area contributed by atoms with Crippen molar-refractivity contribution < 1.29 is 4.79 Å². The van der Waals surface area contributed by atoms with Gasteiger partial charge in [-0.05, 0) is 43.5 Å². The quantitative estimate of drug-likeness (QED) is 0.805. The van der Waals surface area contributed by atoms with Gasteiger partial charge in [-0.3, -0.25) is 14.6 Å². The molecule has 2 atom stereocenters. The highest BCUT2D eigenvalue weighted by molar-refractivity contribution is 6.00. The van der Waals surface area contributed by atoms with Gasteiger partial charge in [0, 0.05) is 12.2 Å². The first kappa shape index (κ1) is 13.5. The molecule has 0 saturated carbocycles. The fourth-order valence-electron chi connectivity index (χ4n) is 3.69. The first-order valence-electron chi connectivity index (χ1n) is 7.90. The van der Waals surface area contributed by atoms with E-state index in [1.807, 2.05) is 11.8 Å². The minimum atomic E-state index is -0.0559. The van der Waals surface area contributed by atoms with Crippen LogP contribution in [0.1, 0.15) is 29.8 Å². The Hall–Kier alpha value is -2.13. The zero-order chi connectivity index (χ0) is 15.3. The standard InChI is InChI=1S/C19H20N2O/c1-13-7-9-16(10-8-13)21-18-17-6-4-3-5-15(17)11-12-20(18)14(2)19(21)22/h3-10,14,18H,11-12H2,1-2H3/t14-,18+/m0/s1. The van der Waals surface area contributed by atoms with Gasteiger partial charge in [0.15, 0.2) is 0 Å². The predicted octanol–water partition coefficient (Wildman–Crippen LogP) is 3.29. The molecule has 1 amide bonds. The third-order valence-corrected chi connectivity index (χ3v) is 4.94. The molecule has 0 N–H and O–H groups in total. The van der Waals surface area contributed by atoms with Crippen LogP contribution in [0.3, 0.4) is 0 Å². The molecule has 3 heteroatoms. The number of aryl methyl sites for hydroxylation is 1. The normalized spacial score (nSPS) is 24.3. The molecule has 0 bridgehead atoms. The first-order chi connectivity index (χ1) is 10.7. The monoisotopic (exact) mass is 292 g/mol. The lowest BCUT2D eigenvalue weighted by Crippen LogP contribution is -2.38.